The molecule has 2 aromatic carbocycles. The second-order valence-electron chi connectivity index (χ2n) is 8.04. The molecule has 0 N–H and O–H groups in total. The fourth-order valence-electron chi connectivity index (χ4n) is 4.16. The van der Waals surface area contributed by atoms with Crippen molar-refractivity contribution in [1.82, 2.24) is 4.90 Å². The zero-order valence-electron chi connectivity index (χ0n) is 16.5. The van der Waals surface area contributed by atoms with E-state index in [0.717, 1.165) is 40.7 Å². The first-order valence-electron chi connectivity index (χ1n) is 10.6. The van der Waals surface area contributed by atoms with Crippen LogP contribution in [0.4, 0.5) is 0 Å². The maximum Gasteiger partial charge on any atom is 0.135 e. The van der Waals surface area contributed by atoms with Crippen molar-refractivity contribution >= 4 is 21.9 Å². The van der Waals surface area contributed by atoms with Crippen LogP contribution in [0.2, 0.25) is 0 Å². The zero-order valence-corrected chi connectivity index (χ0v) is 16.5. The highest BCUT2D eigenvalue weighted by atomic mass is 16.5. The summed E-state index contributed by atoms with van der Waals surface area (Å²) in [4.78, 5) is 2.64. The number of nitrogens with zero attached hydrogens (tertiary/aromatic N) is 1. The molecule has 4 rings (SSSR count). The Kier molecular flexibility index (Phi) is 5.98. The topological polar surface area (TPSA) is 25.6 Å². The molecule has 0 radical (unpaired) electrons. The van der Waals surface area contributed by atoms with E-state index in [0.29, 0.717) is 5.92 Å². The fourth-order valence-corrected chi connectivity index (χ4v) is 4.16. The lowest BCUT2D eigenvalue weighted by atomic mass is 10.0. The molecule has 0 saturated carbocycles. The normalized spacial score (nSPS) is 16.8. The van der Waals surface area contributed by atoms with E-state index in [1.807, 2.05) is 24.3 Å². The first-order valence-corrected chi connectivity index (χ1v) is 10.6. The quantitative estimate of drug-likeness (QED) is 0.471. The summed E-state index contributed by atoms with van der Waals surface area (Å²) >= 11 is 0. The largest absolute Gasteiger partial charge is 0.494 e. The van der Waals surface area contributed by atoms with Gasteiger partial charge in [0.1, 0.15) is 16.9 Å². The van der Waals surface area contributed by atoms with Crippen LogP contribution < -0.4 is 4.74 Å². The van der Waals surface area contributed by atoms with Crippen molar-refractivity contribution < 1.29 is 9.15 Å². The molecule has 3 aromatic rings. The summed E-state index contributed by atoms with van der Waals surface area (Å²) in [5, 5.41) is 2.29. The van der Waals surface area contributed by atoms with Gasteiger partial charge in [-0.25, -0.2) is 0 Å². The smallest absolute Gasteiger partial charge is 0.135 e. The average molecular weight is 366 g/mol. The molecule has 0 spiro atoms. The van der Waals surface area contributed by atoms with Gasteiger partial charge in [0, 0.05) is 10.8 Å². The van der Waals surface area contributed by atoms with Crippen LogP contribution in [0.25, 0.3) is 21.9 Å². The van der Waals surface area contributed by atoms with E-state index >= 15 is 0 Å². The highest BCUT2D eigenvalue weighted by molar-refractivity contribution is 6.05. The van der Waals surface area contributed by atoms with Crippen molar-refractivity contribution in [1.29, 1.82) is 0 Å². The Bertz CT molecular complexity index is 863. The summed E-state index contributed by atoms with van der Waals surface area (Å²) < 4.78 is 11.9. The molecule has 3 heteroatoms. The third-order valence-corrected chi connectivity index (χ3v) is 5.85. The van der Waals surface area contributed by atoms with E-state index in [9.17, 15) is 0 Å². The van der Waals surface area contributed by atoms with E-state index < -0.39 is 0 Å². The molecule has 0 bridgehead atoms. The summed E-state index contributed by atoms with van der Waals surface area (Å²) in [5.41, 5.74) is 1.86. The van der Waals surface area contributed by atoms with Gasteiger partial charge in [-0.2, -0.15) is 0 Å². The van der Waals surface area contributed by atoms with Crippen LogP contribution in [0.15, 0.2) is 46.9 Å². The van der Waals surface area contributed by atoms with E-state index in [-0.39, 0.29) is 0 Å². The standard InChI is InChI=1S/C24H31NO2/c1-19(8-7-16-25-14-5-2-6-15-25)13-17-26-20-11-12-24-22(18-20)21-9-3-4-10-23(21)27-24/h3-4,9-12,18-19H,2,5-8,13-17H2,1H3. The minimum atomic E-state index is 0.716. The van der Waals surface area contributed by atoms with Crippen LogP contribution >= 0.6 is 0 Å². The van der Waals surface area contributed by atoms with E-state index in [4.69, 9.17) is 9.15 Å². The number of hydrogen-bond donors (Lipinski definition) is 0. The number of hydrogen-bond acceptors (Lipinski definition) is 3. The summed E-state index contributed by atoms with van der Waals surface area (Å²) in [6.07, 6.45) is 7.92. The molecule has 27 heavy (non-hydrogen) atoms. The number of ether oxygens (including phenoxy) is 1. The molecule has 1 unspecified atom stereocenters. The van der Waals surface area contributed by atoms with Gasteiger partial charge < -0.3 is 14.1 Å². The molecule has 0 aliphatic carbocycles. The summed E-state index contributed by atoms with van der Waals surface area (Å²) in [5.74, 6) is 1.66. The average Bonchev–Trinajstić information content (AvgIpc) is 3.07. The summed E-state index contributed by atoms with van der Waals surface area (Å²) in [7, 11) is 0. The number of likely N-dealkylation sites (tertiary alicyclic amines) is 1. The first-order chi connectivity index (χ1) is 13.3. The predicted octanol–water partition coefficient (Wildman–Crippen LogP) is 6.26. The van der Waals surface area contributed by atoms with Gasteiger partial charge in [-0.1, -0.05) is 31.5 Å². The van der Waals surface area contributed by atoms with Gasteiger partial charge in [-0.15, -0.1) is 0 Å². The minimum Gasteiger partial charge on any atom is -0.494 e. The summed E-state index contributed by atoms with van der Waals surface area (Å²) in [6.45, 7) is 7.03. The Balaban J connectivity index is 1.24. The zero-order chi connectivity index (χ0) is 18.5. The molecule has 1 atom stereocenters. The second-order valence-corrected chi connectivity index (χ2v) is 8.04. The fraction of sp³-hybridized carbons (Fsp3) is 0.500. The van der Waals surface area contributed by atoms with Crippen LogP contribution in [-0.4, -0.2) is 31.1 Å². The highest BCUT2D eigenvalue weighted by Crippen LogP contribution is 2.31. The summed E-state index contributed by atoms with van der Waals surface area (Å²) in [6, 6.07) is 14.3. The van der Waals surface area contributed by atoms with Crippen LogP contribution in [0.1, 0.15) is 45.4 Å². The number of furan rings is 1. The first kappa shape index (κ1) is 18.4. The lowest BCUT2D eigenvalue weighted by Gasteiger charge is -2.26. The van der Waals surface area contributed by atoms with Crippen LogP contribution in [0.5, 0.6) is 5.75 Å². The maximum absolute atomic E-state index is 6.05. The molecular weight excluding hydrogens is 334 g/mol. The molecule has 144 valence electrons. The van der Waals surface area contributed by atoms with Gasteiger partial charge in [0.15, 0.2) is 0 Å². The molecule has 1 saturated heterocycles. The molecule has 1 aliphatic rings. The van der Waals surface area contributed by atoms with Crippen molar-refractivity contribution in [2.75, 3.05) is 26.2 Å². The number of piperidine rings is 1. The van der Waals surface area contributed by atoms with Gasteiger partial charge in [0.25, 0.3) is 0 Å². The van der Waals surface area contributed by atoms with E-state index in [1.165, 1.54) is 51.7 Å². The molecular formula is C24H31NO2. The van der Waals surface area contributed by atoms with Crippen LogP contribution in [0.3, 0.4) is 0 Å². The van der Waals surface area contributed by atoms with Crippen LogP contribution in [0, 0.1) is 5.92 Å². The lowest BCUT2D eigenvalue weighted by Crippen LogP contribution is -2.30. The van der Waals surface area contributed by atoms with Crippen molar-refractivity contribution in [2.24, 2.45) is 5.92 Å². The molecule has 3 nitrogen and oxygen atoms in total. The van der Waals surface area contributed by atoms with Crippen molar-refractivity contribution in [3.8, 4) is 5.75 Å². The molecule has 0 amide bonds. The highest BCUT2D eigenvalue weighted by Gasteiger charge is 2.11. The van der Waals surface area contributed by atoms with Gasteiger partial charge in [-0.05, 0) is 81.9 Å². The van der Waals surface area contributed by atoms with Crippen molar-refractivity contribution in [3.63, 3.8) is 0 Å². The Morgan fingerprint density at radius 1 is 0.963 bits per heavy atom. The van der Waals surface area contributed by atoms with Gasteiger partial charge in [0.05, 0.1) is 6.61 Å². The maximum atomic E-state index is 6.05. The minimum absolute atomic E-state index is 0.716. The number of rotatable bonds is 8. The van der Waals surface area contributed by atoms with E-state index in [2.05, 4.69) is 30.0 Å². The van der Waals surface area contributed by atoms with Gasteiger partial charge in [0.2, 0.25) is 0 Å². The lowest BCUT2D eigenvalue weighted by molar-refractivity contribution is 0.216. The SMILES string of the molecule is CC(CCCN1CCCCC1)CCOc1ccc2oc3ccccc3c2c1. The predicted molar refractivity (Wildman–Crippen MR) is 113 cm³/mol. The van der Waals surface area contributed by atoms with Crippen molar-refractivity contribution in [3.05, 3.63) is 42.5 Å². The molecule has 1 aromatic heterocycles. The Morgan fingerprint density at radius 3 is 2.67 bits per heavy atom. The Hall–Kier alpha value is -2.00. The Labute approximate surface area is 162 Å². The Morgan fingerprint density at radius 2 is 1.78 bits per heavy atom. The number of fused-ring (bicyclic) bond motifs is 3. The van der Waals surface area contributed by atoms with Crippen LogP contribution in [-0.2, 0) is 0 Å². The third-order valence-electron chi connectivity index (χ3n) is 5.85. The third kappa shape index (κ3) is 4.65. The monoisotopic (exact) mass is 365 g/mol. The molecule has 2 heterocycles. The molecule has 1 aliphatic heterocycles. The molecule has 1 fully saturated rings. The number of benzene rings is 2. The van der Waals surface area contributed by atoms with E-state index in [1.54, 1.807) is 0 Å². The number of para-hydroxylation sites is 1. The van der Waals surface area contributed by atoms with Gasteiger partial charge >= 0.3 is 0 Å². The van der Waals surface area contributed by atoms with Gasteiger partial charge in [-0.3, -0.25) is 0 Å². The van der Waals surface area contributed by atoms with Crippen molar-refractivity contribution in [2.45, 2.75) is 45.4 Å². The second kappa shape index (κ2) is 8.79.